The van der Waals surface area contributed by atoms with Gasteiger partial charge in [0.2, 0.25) is 0 Å². The average Bonchev–Trinajstić information content (AvgIpc) is 2.27. The molecule has 0 saturated heterocycles. The van der Waals surface area contributed by atoms with E-state index >= 15 is 0 Å². The number of Topliss-reactive ketones (excluding diaryl/α,β-unsaturated/α-hetero) is 1. The number of benzene rings is 1. The fourth-order valence-electron chi connectivity index (χ4n) is 1.74. The lowest BCUT2D eigenvalue weighted by atomic mass is 9.92. The Hall–Kier alpha value is -1.65. The lowest BCUT2D eigenvalue weighted by Crippen LogP contribution is -2.43. The van der Waals surface area contributed by atoms with E-state index < -0.39 is 18.4 Å². The summed E-state index contributed by atoms with van der Waals surface area (Å²) in [5, 5.41) is 9.05. The van der Waals surface area contributed by atoms with Gasteiger partial charge in [-0.2, -0.15) is 0 Å². The molecule has 1 unspecified atom stereocenters. The van der Waals surface area contributed by atoms with Crippen LogP contribution in [0.25, 0.3) is 0 Å². The lowest BCUT2D eigenvalue weighted by Gasteiger charge is -2.30. The molecule has 1 aliphatic carbocycles. The van der Waals surface area contributed by atoms with E-state index in [-0.39, 0.29) is 30.1 Å². The number of hydrogen-bond acceptors (Lipinski definition) is 3. The fourth-order valence-corrected chi connectivity index (χ4v) is 1.74. The molecule has 0 heterocycles. The molecule has 1 saturated carbocycles. The Bertz CT molecular complexity index is 414. The zero-order valence-corrected chi connectivity index (χ0v) is 9.03. The molecule has 0 aliphatic heterocycles. The molecule has 5 heteroatoms. The molecule has 2 rings (SSSR count). The Morgan fingerprint density at radius 1 is 1.29 bits per heavy atom. The van der Waals surface area contributed by atoms with Crippen LogP contribution in [-0.4, -0.2) is 22.9 Å². The minimum atomic E-state index is -2.98. The molecular formula is C12H12F2O3. The maximum absolute atomic E-state index is 13.5. The van der Waals surface area contributed by atoms with E-state index in [1.165, 1.54) is 24.3 Å². The van der Waals surface area contributed by atoms with Gasteiger partial charge >= 0.3 is 0 Å². The molecule has 1 N–H and O–H groups in total. The lowest BCUT2D eigenvalue weighted by molar-refractivity contribution is -0.147. The summed E-state index contributed by atoms with van der Waals surface area (Å²) >= 11 is 0. The topological polar surface area (TPSA) is 46.5 Å². The van der Waals surface area contributed by atoms with Crippen molar-refractivity contribution in [3.05, 3.63) is 24.3 Å². The summed E-state index contributed by atoms with van der Waals surface area (Å²) in [5.41, 5.74) is 0. The smallest absolute Gasteiger partial charge is 0.285 e. The zero-order chi connectivity index (χ0) is 12.5. The Morgan fingerprint density at radius 2 is 1.94 bits per heavy atom. The predicted octanol–water partition coefficient (Wildman–Crippen LogP) is 2.53. The van der Waals surface area contributed by atoms with Crippen molar-refractivity contribution in [3.63, 3.8) is 0 Å². The number of alkyl halides is 2. The maximum Gasteiger partial charge on any atom is 0.285 e. The van der Waals surface area contributed by atoms with Crippen molar-refractivity contribution >= 4 is 5.78 Å². The summed E-state index contributed by atoms with van der Waals surface area (Å²) < 4.78 is 32.1. The molecule has 0 spiro atoms. The Morgan fingerprint density at radius 3 is 2.59 bits per heavy atom. The van der Waals surface area contributed by atoms with Crippen molar-refractivity contribution < 1.29 is 23.4 Å². The molecule has 1 aromatic carbocycles. The van der Waals surface area contributed by atoms with Crippen LogP contribution >= 0.6 is 0 Å². The number of aromatic hydroxyl groups is 1. The van der Waals surface area contributed by atoms with Crippen molar-refractivity contribution in [3.8, 4) is 11.5 Å². The summed E-state index contributed by atoms with van der Waals surface area (Å²) in [6.07, 6.45) is -2.24. The van der Waals surface area contributed by atoms with E-state index in [2.05, 4.69) is 0 Å². The van der Waals surface area contributed by atoms with Crippen molar-refractivity contribution in [2.45, 2.75) is 31.3 Å². The van der Waals surface area contributed by atoms with Gasteiger partial charge in [-0.15, -0.1) is 0 Å². The van der Waals surface area contributed by atoms with E-state index in [1.807, 2.05) is 0 Å². The van der Waals surface area contributed by atoms with Crippen LogP contribution in [0.2, 0.25) is 0 Å². The van der Waals surface area contributed by atoms with Gasteiger partial charge in [0.1, 0.15) is 17.3 Å². The average molecular weight is 242 g/mol. The van der Waals surface area contributed by atoms with Crippen molar-refractivity contribution in [1.82, 2.24) is 0 Å². The number of carbonyl (C=O) groups excluding carboxylic acids is 1. The van der Waals surface area contributed by atoms with Gasteiger partial charge in [-0.25, -0.2) is 8.78 Å². The van der Waals surface area contributed by atoms with Gasteiger partial charge in [0, 0.05) is 19.3 Å². The van der Waals surface area contributed by atoms with Crippen LogP contribution in [0.3, 0.4) is 0 Å². The largest absolute Gasteiger partial charge is 0.508 e. The second-order valence-corrected chi connectivity index (χ2v) is 4.10. The van der Waals surface area contributed by atoms with Crippen molar-refractivity contribution in [2.75, 3.05) is 0 Å². The molecule has 0 aromatic heterocycles. The van der Waals surface area contributed by atoms with Gasteiger partial charge in [-0.05, 0) is 24.3 Å². The molecule has 0 bridgehead atoms. The number of rotatable bonds is 2. The first-order valence-corrected chi connectivity index (χ1v) is 5.32. The normalized spacial score (nSPS) is 23.4. The van der Waals surface area contributed by atoms with Crippen LogP contribution in [-0.2, 0) is 4.79 Å². The van der Waals surface area contributed by atoms with E-state index in [1.54, 1.807) is 0 Å². The summed E-state index contributed by atoms with van der Waals surface area (Å²) in [4.78, 5) is 11.2. The van der Waals surface area contributed by atoms with Gasteiger partial charge in [0.15, 0.2) is 6.10 Å². The molecule has 17 heavy (non-hydrogen) atoms. The van der Waals surface area contributed by atoms with Gasteiger partial charge in [0.05, 0.1) is 0 Å². The Labute approximate surface area is 97.0 Å². The SMILES string of the molecule is O=C1CCC(F)(F)C(Oc2ccc(O)cc2)C1. The number of carbonyl (C=O) groups is 1. The maximum atomic E-state index is 13.5. The van der Waals surface area contributed by atoms with Crippen LogP contribution in [0.15, 0.2) is 24.3 Å². The molecule has 1 fully saturated rings. The van der Waals surface area contributed by atoms with E-state index in [0.29, 0.717) is 0 Å². The van der Waals surface area contributed by atoms with Gasteiger partial charge in [-0.1, -0.05) is 0 Å². The molecule has 0 amide bonds. The van der Waals surface area contributed by atoms with Crippen LogP contribution in [0.1, 0.15) is 19.3 Å². The third-order valence-electron chi connectivity index (χ3n) is 2.74. The third kappa shape index (κ3) is 2.72. The third-order valence-corrected chi connectivity index (χ3v) is 2.74. The summed E-state index contributed by atoms with van der Waals surface area (Å²) in [7, 11) is 0. The number of hydrogen-bond donors (Lipinski definition) is 1. The second kappa shape index (κ2) is 4.31. The van der Waals surface area contributed by atoms with Crippen LogP contribution in [0, 0.1) is 0 Å². The molecule has 0 radical (unpaired) electrons. The highest BCUT2D eigenvalue weighted by Crippen LogP contribution is 2.35. The molecular weight excluding hydrogens is 230 g/mol. The summed E-state index contributed by atoms with van der Waals surface area (Å²) in [5.74, 6) is -2.93. The number of phenolic OH excluding ortho intramolecular Hbond substituents is 1. The van der Waals surface area contributed by atoms with Gasteiger partial charge in [0.25, 0.3) is 5.92 Å². The predicted molar refractivity (Wildman–Crippen MR) is 56.3 cm³/mol. The van der Waals surface area contributed by atoms with E-state index in [9.17, 15) is 13.6 Å². The number of phenols is 1. The minimum Gasteiger partial charge on any atom is -0.508 e. The van der Waals surface area contributed by atoms with Crippen LogP contribution in [0.5, 0.6) is 11.5 Å². The Balaban J connectivity index is 2.10. The first-order chi connectivity index (χ1) is 7.97. The highest BCUT2D eigenvalue weighted by Gasteiger charge is 2.46. The monoisotopic (exact) mass is 242 g/mol. The van der Waals surface area contributed by atoms with Crippen LogP contribution in [0.4, 0.5) is 8.78 Å². The van der Waals surface area contributed by atoms with Crippen molar-refractivity contribution in [1.29, 1.82) is 0 Å². The standard InChI is InChI=1S/C12H12F2O3/c13-12(14)6-5-9(16)7-11(12)17-10-3-1-8(15)2-4-10/h1-4,11,15H,5-7H2. The summed E-state index contributed by atoms with van der Waals surface area (Å²) in [6.45, 7) is 0. The number of ketones is 1. The quantitative estimate of drug-likeness (QED) is 0.866. The molecule has 1 atom stereocenters. The number of ether oxygens (including phenoxy) is 1. The van der Waals surface area contributed by atoms with Crippen LogP contribution < -0.4 is 4.74 Å². The first kappa shape index (κ1) is 11.8. The van der Waals surface area contributed by atoms with Crippen molar-refractivity contribution in [2.24, 2.45) is 0 Å². The minimum absolute atomic E-state index is 0.0313. The fraction of sp³-hybridized carbons (Fsp3) is 0.417. The second-order valence-electron chi connectivity index (χ2n) is 4.10. The van der Waals surface area contributed by atoms with Gasteiger partial charge < -0.3 is 9.84 Å². The molecule has 1 aromatic rings. The highest BCUT2D eigenvalue weighted by atomic mass is 19.3. The summed E-state index contributed by atoms with van der Waals surface area (Å²) in [6, 6.07) is 5.48. The Kier molecular flexibility index (Phi) is 3.00. The first-order valence-electron chi connectivity index (χ1n) is 5.32. The zero-order valence-electron chi connectivity index (χ0n) is 9.03. The van der Waals surface area contributed by atoms with Gasteiger partial charge in [-0.3, -0.25) is 4.79 Å². The highest BCUT2D eigenvalue weighted by molar-refractivity contribution is 5.80. The van der Waals surface area contributed by atoms with E-state index in [4.69, 9.17) is 9.84 Å². The number of halogens is 2. The molecule has 1 aliphatic rings. The molecule has 3 nitrogen and oxygen atoms in total. The molecule has 92 valence electrons. The van der Waals surface area contributed by atoms with E-state index in [0.717, 1.165) is 0 Å².